The molecule has 5 rings (SSSR count). The summed E-state index contributed by atoms with van der Waals surface area (Å²) in [6, 6.07) is 10.2. The number of hydrogen-bond donors (Lipinski definition) is 1. The molecule has 4 aromatic rings. The maximum absolute atomic E-state index is 13.2. The molecule has 0 radical (unpaired) electrons. The third kappa shape index (κ3) is 3.42. The van der Waals surface area contributed by atoms with Gasteiger partial charge in [0.25, 0.3) is 5.91 Å². The Morgan fingerprint density at radius 3 is 2.83 bits per heavy atom. The van der Waals surface area contributed by atoms with E-state index in [2.05, 4.69) is 34.4 Å². The highest BCUT2D eigenvalue weighted by molar-refractivity contribution is 7.22. The molecule has 7 heteroatoms. The molecule has 1 aliphatic heterocycles. The quantitative estimate of drug-likeness (QED) is 0.446. The van der Waals surface area contributed by atoms with Gasteiger partial charge in [-0.15, -0.1) is 22.7 Å². The number of aromatic nitrogens is 2. The van der Waals surface area contributed by atoms with E-state index in [0.29, 0.717) is 5.92 Å². The number of thiophene rings is 1. The summed E-state index contributed by atoms with van der Waals surface area (Å²) in [5, 5.41) is 4.20. The number of hydrogen-bond acceptors (Lipinski definition) is 5. The molecular weight excluding hydrogens is 414 g/mol. The van der Waals surface area contributed by atoms with Gasteiger partial charge in [-0.2, -0.15) is 0 Å². The summed E-state index contributed by atoms with van der Waals surface area (Å²) in [6.07, 6.45) is 4.05. The van der Waals surface area contributed by atoms with Crippen LogP contribution in [0.3, 0.4) is 0 Å². The fourth-order valence-electron chi connectivity index (χ4n) is 4.22. The van der Waals surface area contributed by atoms with Crippen molar-refractivity contribution in [3.63, 3.8) is 0 Å². The minimum Gasteiger partial charge on any atom is -0.497 e. The lowest BCUT2D eigenvalue weighted by molar-refractivity contribution is 0.0717. The highest BCUT2D eigenvalue weighted by atomic mass is 32.1. The van der Waals surface area contributed by atoms with E-state index in [1.54, 1.807) is 18.4 Å². The number of nitrogens with one attached hydrogen (secondary N) is 1. The van der Waals surface area contributed by atoms with Crippen LogP contribution in [0.5, 0.6) is 5.75 Å². The van der Waals surface area contributed by atoms with Crippen LogP contribution in [0.15, 0.2) is 41.9 Å². The van der Waals surface area contributed by atoms with Crippen LogP contribution in [-0.2, 0) is 0 Å². The van der Waals surface area contributed by atoms with Crippen molar-refractivity contribution in [2.75, 3.05) is 20.2 Å². The fourth-order valence-corrected chi connectivity index (χ4v) is 6.05. The first kappa shape index (κ1) is 19.3. The number of thiazole rings is 1. The molecule has 1 aliphatic rings. The molecule has 1 aromatic carbocycles. The number of H-pyrrole nitrogens is 1. The lowest BCUT2D eigenvalue weighted by Crippen LogP contribution is -2.37. The van der Waals surface area contributed by atoms with E-state index in [1.807, 2.05) is 29.3 Å². The first-order valence-corrected chi connectivity index (χ1v) is 11.8. The van der Waals surface area contributed by atoms with Crippen LogP contribution >= 0.6 is 22.7 Å². The Kier molecular flexibility index (Phi) is 5.08. The summed E-state index contributed by atoms with van der Waals surface area (Å²) in [6.45, 7) is 3.48. The number of carbonyl (C=O) groups excluding carboxylic acids is 1. The molecule has 0 saturated carbocycles. The molecule has 1 saturated heterocycles. The van der Waals surface area contributed by atoms with Crippen molar-refractivity contribution in [3.05, 3.63) is 58.0 Å². The number of aryl methyl sites for hydroxylation is 1. The van der Waals surface area contributed by atoms with Crippen LogP contribution in [0.1, 0.15) is 39.7 Å². The maximum atomic E-state index is 13.2. The highest BCUT2D eigenvalue weighted by Gasteiger charge is 2.28. The van der Waals surface area contributed by atoms with E-state index >= 15 is 0 Å². The Labute approximate surface area is 183 Å². The number of likely N-dealkylation sites (tertiary alicyclic amines) is 1. The molecule has 0 atom stereocenters. The second kappa shape index (κ2) is 7.89. The largest absolute Gasteiger partial charge is 0.497 e. The van der Waals surface area contributed by atoms with Crippen LogP contribution in [0.25, 0.3) is 20.8 Å². The molecule has 1 amide bonds. The molecule has 0 aliphatic carbocycles. The normalized spacial score (nSPS) is 15.1. The SMILES string of the molecule is COc1ccc2[nH]cc(C3CCN(C(=O)c4sc(-c5cccs5)nc4C)CC3)c2c1. The number of nitrogens with zero attached hydrogens (tertiary/aromatic N) is 2. The van der Waals surface area contributed by atoms with Crippen molar-refractivity contribution in [2.45, 2.75) is 25.7 Å². The van der Waals surface area contributed by atoms with E-state index in [1.165, 1.54) is 22.3 Å². The Morgan fingerprint density at radius 1 is 1.27 bits per heavy atom. The third-order valence-electron chi connectivity index (χ3n) is 5.87. The second-order valence-electron chi connectivity index (χ2n) is 7.63. The number of fused-ring (bicyclic) bond motifs is 1. The fraction of sp³-hybridized carbons (Fsp3) is 0.304. The first-order valence-electron chi connectivity index (χ1n) is 10.1. The number of aromatic amines is 1. The molecule has 0 unspecified atom stereocenters. The van der Waals surface area contributed by atoms with Crippen LogP contribution in [-0.4, -0.2) is 41.0 Å². The van der Waals surface area contributed by atoms with E-state index in [-0.39, 0.29) is 5.91 Å². The predicted octanol–water partition coefficient (Wildman–Crippen LogP) is 5.69. The zero-order valence-corrected chi connectivity index (χ0v) is 18.6. The van der Waals surface area contributed by atoms with Gasteiger partial charge in [0.1, 0.15) is 15.6 Å². The number of benzene rings is 1. The molecule has 1 fully saturated rings. The van der Waals surface area contributed by atoms with Crippen LogP contribution in [0.4, 0.5) is 0 Å². The molecule has 30 heavy (non-hydrogen) atoms. The van der Waals surface area contributed by atoms with Crippen molar-refractivity contribution in [1.82, 2.24) is 14.9 Å². The summed E-state index contributed by atoms with van der Waals surface area (Å²) >= 11 is 3.17. The Balaban J connectivity index is 1.31. The number of methoxy groups -OCH3 is 1. The van der Waals surface area contributed by atoms with Gasteiger partial charge in [-0.1, -0.05) is 6.07 Å². The minimum atomic E-state index is 0.117. The molecule has 1 N–H and O–H groups in total. The van der Waals surface area contributed by atoms with Crippen molar-refractivity contribution in [1.29, 1.82) is 0 Å². The van der Waals surface area contributed by atoms with Gasteiger partial charge in [0.05, 0.1) is 17.7 Å². The van der Waals surface area contributed by atoms with Crippen molar-refractivity contribution in [3.8, 4) is 15.6 Å². The minimum absolute atomic E-state index is 0.117. The summed E-state index contributed by atoms with van der Waals surface area (Å²) < 4.78 is 5.40. The molecule has 3 aromatic heterocycles. The van der Waals surface area contributed by atoms with Gasteiger partial charge in [0.2, 0.25) is 0 Å². The summed E-state index contributed by atoms with van der Waals surface area (Å²) in [5.74, 6) is 1.43. The maximum Gasteiger partial charge on any atom is 0.265 e. The molecule has 0 bridgehead atoms. The molecule has 4 heterocycles. The predicted molar refractivity (Wildman–Crippen MR) is 123 cm³/mol. The average molecular weight is 438 g/mol. The summed E-state index contributed by atoms with van der Waals surface area (Å²) in [4.78, 5) is 25.1. The lowest BCUT2D eigenvalue weighted by Gasteiger charge is -2.31. The first-order chi connectivity index (χ1) is 14.6. The monoisotopic (exact) mass is 437 g/mol. The van der Waals surface area contributed by atoms with Gasteiger partial charge >= 0.3 is 0 Å². The summed E-state index contributed by atoms with van der Waals surface area (Å²) in [7, 11) is 1.70. The van der Waals surface area contributed by atoms with Gasteiger partial charge in [0.15, 0.2) is 0 Å². The average Bonchev–Trinajstić information content (AvgIpc) is 3.52. The van der Waals surface area contributed by atoms with Crippen molar-refractivity contribution in [2.24, 2.45) is 0 Å². The zero-order chi connectivity index (χ0) is 20.7. The molecule has 154 valence electrons. The topological polar surface area (TPSA) is 58.2 Å². The van der Waals surface area contributed by atoms with E-state index in [4.69, 9.17) is 4.74 Å². The van der Waals surface area contributed by atoms with Gasteiger partial charge in [-0.3, -0.25) is 4.79 Å². The van der Waals surface area contributed by atoms with Gasteiger partial charge in [-0.25, -0.2) is 4.98 Å². The molecule has 0 spiro atoms. The van der Waals surface area contributed by atoms with Crippen LogP contribution in [0, 0.1) is 6.92 Å². The van der Waals surface area contributed by atoms with Gasteiger partial charge in [-0.05, 0) is 60.9 Å². The Bertz CT molecular complexity index is 1180. The van der Waals surface area contributed by atoms with E-state index < -0.39 is 0 Å². The summed E-state index contributed by atoms with van der Waals surface area (Å²) in [5.41, 5.74) is 3.29. The number of rotatable bonds is 4. The molecule has 5 nitrogen and oxygen atoms in total. The standard InChI is InChI=1S/C23H23N3O2S2/c1-14-21(30-22(25-14)20-4-3-11-29-20)23(27)26-9-7-15(8-10-26)18-13-24-19-6-5-16(28-2)12-17(18)19/h3-6,11-13,15,24H,7-10H2,1-2H3. The van der Waals surface area contributed by atoms with Crippen LogP contribution in [0.2, 0.25) is 0 Å². The van der Waals surface area contributed by atoms with Crippen molar-refractivity contribution >= 4 is 39.5 Å². The van der Waals surface area contributed by atoms with E-state index in [0.717, 1.165) is 57.7 Å². The van der Waals surface area contributed by atoms with Crippen LogP contribution < -0.4 is 4.74 Å². The van der Waals surface area contributed by atoms with Gasteiger partial charge < -0.3 is 14.6 Å². The Morgan fingerprint density at radius 2 is 2.10 bits per heavy atom. The van der Waals surface area contributed by atoms with Crippen molar-refractivity contribution < 1.29 is 9.53 Å². The van der Waals surface area contributed by atoms with Gasteiger partial charge in [0, 0.05) is 30.2 Å². The zero-order valence-electron chi connectivity index (χ0n) is 17.0. The van der Waals surface area contributed by atoms with E-state index in [9.17, 15) is 4.79 Å². The number of piperidine rings is 1. The lowest BCUT2D eigenvalue weighted by atomic mass is 9.89. The number of ether oxygens (including phenoxy) is 1. The number of amides is 1. The molecular formula is C23H23N3O2S2. The highest BCUT2D eigenvalue weighted by Crippen LogP contribution is 2.36. The smallest absolute Gasteiger partial charge is 0.265 e. The Hall–Kier alpha value is -2.64. The second-order valence-corrected chi connectivity index (χ2v) is 9.58. The number of carbonyl (C=O) groups is 1. The third-order valence-corrected chi connectivity index (χ3v) is 8.05.